The number of carbonyl (C=O) groups is 4. The molecule has 0 aromatic rings. The maximum atomic E-state index is 11.5. The van der Waals surface area contributed by atoms with Crippen LogP contribution in [0.4, 0.5) is 0 Å². The molecule has 0 N–H and O–H groups in total. The number of carbonyl (C=O) groups excluding carboxylic acids is 4. The molecular formula is C14H18BrClO9. The molecule has 0 aliphatic carbocycles. The Kier molecular flexibility index (Phi) is 7.63. The van der Waals surface area contributed by atoms with Crippen molar-refractivity contribution in [1.29, 1.82) is 0 Å². The Morgan fingerprint density at radius 1 is 0.920 bits per heavy atom. The van der Waals surface area contributed by atoms with Gasteiger partial charge in [0.15, 0.2) is 28.4 Å². The zero-order chi connectivity index (χ0) is 19.4. The fourth-order valence-electron chi connectivity index (χ4n) is 2.17. The van der Waals surface area contributed by atoms with Gasteiger partial charge in [0.2, 0.25) is 0 Å². The first-order valence-corrected chi connectivity index (χ1v) is 8.35. The van der Waals surface area contributed by atoms with Crippen LogP contribution in [0, 0.1) is 0 Å². The summed E-state index contributed by atoms with van der Waals surface area (Å²) in [5, 5.41) is 0. The second-order valence-corrected chi connectivity index (χ2v) is 6.99. The molecule has 0 amide bonds. The van der Waals surface area contributed by atoms with Crippen molar-refractivity contribution in [2.24, 2.45) is 0 Å². The van der Waals surface area contributed by atoms with Crippen LogP contribution in [0.25, 0.3) is 0 Å². The van der Waals surface area contributed by atoms with Gasteiger partial charge >= 0.3 is 23.9 Å². The Morgan fingerprint density at radius 3 is 1.84 bits per heavy atom. The number of rotatable bonds is 5. The Morgan fingerprint density at radius 2 is 1.40 bits per heavy atom. The van der Waals surface area contributed by atoms with Gasteiger partial charge < -0.3 is 23.7 Å². The van der Waals surface area contributed by atoms with Crippen molar-refractivity contribution in [2.75, 3.05) is 6.61 Å². The molecule has 0 radical (unpaired) electrons. The monoisotopic (exact) mass is 444 g/mol. The summed E-state index contributed by atoms with van der Waals surface area (Å²) in [6.07, 6.45) is -3.86. The van der Waals surface area contributed by atoms with Crippen molar-refractivity contribution in [3.63, 3.8) is 0 Å². The highest BCUT2D eigenvalue weighted by Crippen LogP contribution is 2.41. The SMILES string of the molecule is CC(=O)OC[C@@]1(Br)O[C@@H](Cl)[C@@H](OC(C)=O)[C@@H](OC(C)=O)[C@@H]1OC(C)=O. The van der Waals surface area contributed by atoms with Crippen LogP contribution in [0.5, 0.6) is 0 Å². The summed E-state index contributed by atoms with van der Waals surface area (Å²) in [4.78, 5) is 45.4. The van der Waals surface area contributed by atoms with Gasteiger partial charge in [-0.05, 0) is 15.9 Å². The smallest absolute Gasteiger partial charge is 0.303 e. The number of alkyl halides is 2. The van der Waals surface area contributed by atoms with E-state index in [-0.39, 0.29) is 0 Å². The lowest BCUT2D eigenvalue weighted by Gasteiger charge is -2.46. The standard InChI is InChI=1S/C14H18BrClO9/c1-6(17)21-5-14(15)12(24-9(4)20)10(22-7(2)18)11(13(16)25-14)23-8(3)19/h10-13H,5H2,1-4H3/t10-,11+,12+,13-,14-/m1/s1. The highest BCUT2D eigenvalue weighted by molar-refractivity contribution is 9.10. The van der Waals surface area contributed by atoms with E-state index in [1.54, 1.807) is 0 Å². The van der Waals surface area contributed by atoms with Crippen molar-refractivity contribution >= 4 is 51.4 Å². The summed E-state index contributed by atoms with van der Waals surface area (Å²) >= 11 is 9.30. The van der Waals surface area contributed by atoms with Crippen molar-refractivity contribution in [3.8, 4) is 0 Å². The summed E-state index contributed by atoms with van der Waals surface area (Å²) in [6.45, 7) is 4.13. The molecule has 1 aliphatic heterocycles. The summed E-state index contributed by atoms with van der Waals surface area (Å²) in [5.41, 5.74) is -1.28. The minimum atomic E-state index is -1.62. The fourth-order valence-corrected chi connectivity index (χ4v) is 3.30. The summed E-state index contributed by atoms with van der Waals surface area (Å²) in [6, 6.07) is 0. The third-order valence-corrected chi connectivity index (χ3v) is 4.19. The summed E-state index contributed by atoms with van der Waals surface area (Å²) < 4.78 is 24.2. The fraction of sp³-hybridized carbons (Fsp3) is 0.714. The Labute approximate surface area is 157 Å². The van der Waals surface area contributed by atoms with Crippen LogP contribution >= 0.6 is 27.5 Å². The lowest BCUT2D eigenvalue weighted by molar-refractivity contribution is -0.246. The largest absolute Gasteiger partial charge is 0.462 e. The first kappa shape index (κ1) is 21.7. The van der Waals surface area contributed by atoms with Gasteiger partial charge in [-0.3, -0.25) is 19.2 Å². The number of hydrogen-bond acceptors (Lipinski definition) is 9. The first-order valence-electron chi connectivity index (χ1n) is 7.12. The highest BCUT2D eigenvalue weighted by atomic mass is 79.9. The van der Waals surface area contributed by atoms with Gasteiger partial charge in [0, 0.05) is 27.7 Å². The quantitative estimate of drug-likeness (QED) is 0.347. The van der Waals surface area contributed by atoms with Crippen molar-refractivity contribution in [1.82, 2.24) is 0 Å². The third kappa shape index (κ3) is 6.12. The first-order chi connectivity index (χ1) is 11.5. The average Bonchev–Trinajstić information content (AvgIpc) is 2.44. The predicted octanol–water partition coefficient (Wildman–Crippen LogP) is 1.03. The molecule has 0 aromatic carbocycles. The van der Waals surface area contributed by atoms with Crippen LogP contribution in [0.1, 0.15) is 27.7 Å². The molecule has 9 nitrogen and oxygen atoms in total. The van der Waals surface area contributed by atoms with Crippen LogP contribution in [0.3, 0.4) is 0 Å². The maximum absolute atomic E-state index is 11.5. The number of ether oxygens (including phenoxy) is 5. The molecule has 5 atom stereocenters. The molecule has 25 heavy (non-hydrogen) atoms. The zero-order valence-corrected chi connectivity index (χ0v) is 16.3. The van der Waals surface area contributed by atoms with Gasteiger partial charge in [0.25, 0.3) is 0 Å². The molecule has 142 valence electrons. The van der Waals surface area contributed by atoms with Gasteiger partial charge in [0.05, 0.1) is 0 Å². The molecule has 0 spiro atoms. The Bertz CT molecular complexity index is 554. The topological polar surface area (TPSA) is 114 Å². The van der Waals surface area contributed by atoms with E-state index in [4.69, 9.17) is 35.3 Å². The average molecular weight is 446 g/mol. The summed E-state index contributed by atoms with van der Waals surface area (Å²) in [5.74, 6) is -2.79. The van der Waals surface area contributed by atoms with Crippen LogP contribution < -0.4 is 0 Å². The molecule has 1 rings (SSSR count). The summed E-state index contributed by atoms with van der Waals surface area (Å²) in [7, 11) is 0. The van der Waals surface area contributed by atoms with Crippen LogP contribution in [0.15, 0.2) is 0 Å². The van der Waals surface area contributed by atoms with E-state index in [1.807, 2.05) is 0 Å². The van der Waals surface area contributed by atoms with Crippen LogP contribution in [-0.2, 0) is 42.9 Å². The van der Waals surface area contributed by atoms with E-state index >= 15 is 0 Å². The van der Waals surface area contributed by atoms with Crippen molar-refractivity contribution in [3.05, 3.63) is 0 Å². The lowest BCUT2D eigenvalue weighted by atomic mass is 9.99. The van der Waals surface area contributed by atoms with E-state index in [9.17, 15) is 19.2 Å². The number of halogens is 2. The number of esters is 4. The third-order valence-electron chi connectivity index (χ3n) is 2.98. The second kappa shape index (κ2) is 8.81. The van der Waals surface area contributed by atoms with E-state index in [1.165, 1.54) is 6.92 Å². The normalized spacial score (nSPS) is 31.6. The lowest BCUT2D eigenvalue weighted by Crippen LogP contribution is -2.65. The molecule has 1 fully saturated rings. The second-order valence-electron chi connectivity index (χ2n) is 5.21. The molecule has 1 saturated heterocycles. The van der Waals surface area contributed by atoms with E-state index < -0.39 is 58.9 Å². The molecule has 1 aliphatic rings. The van der Waals surface area contributed by atoms with Gasteiger partial charge in [-0.2, -0.15) is 0 Å². The van der Waals surface area contributed by atoms with Crippen LogP contribution in [-0.4, -0.2) is 58.9 Å². The van der Waals surface area contributed by atoms with Gasteiger partial charge in [-0.1, -0.05) is 11.6 Å². The molecule has 0 aromatic heterocycles. The van der Waals surface area contributed by atoms with E-state index in [2.05, 4.69) is 15.9 Å². The molecule has 11 heteroatoms. The minimum Gasteiger partial charge on any atom is -0.462 e. The van der Waals surface area contributed by atoms with Crippen LogP contribution in [0.2, 0.25) is 0 Å². The molecule has 0 saturated carbocycles. The van der Waals surface area contributed by atoms with Gasteiger partial charge in [-0.25, -0.2) is 0 Å². The molecule has 1 heterocycles. The Hall–Kier alpha value is -1.39. The zero-order valence-electron chi connectivity index (χ0n) is 13.9. The van der Waals surface area contributed by atoms with Crippen molar-refractivity contribution in [2.45, 2.75) is 56.1 Å². The molecule has 0 bridgehead atoms. The van der Waals surface area contributed by atoms with E-state index in [0.717, 1.165) is 20.8 Å². The van der Waals surface area contributed by atoms with E-state index in [0.29, 0.717) is 0 Å². The van der Waals surface area contributed by atoms with Gasteiger partial charge in [0.1, 0.15) is 6.61 Å². The van der Waals surface area contributed by atoms with Gasteiger partial charge in [-0.15, -0.1) is 0 Å². The minimum absolute atomic E-state index is 0.409. The molecule has 0 unspecified atom stereocenters. The van der Waals surface area contributed by atoms with Crippen molar-refractivity contribution < 1.29 is 42.9 Å². The predicted molar refractivity (Wildman–Crippen MR) is 85.7 cm³/mol. The molecular weight excluding hydrogens is 428 g/mol. The Balaban J connectivity index is 3.26. The maximum Gasteiger partial charge on any atom is 0.303 e. The highest BCUT2D eigenvalue weighted by Gasteiger charge is 2.59. The number of hydrogen-bond donors (Lipinski definition) is 0.